The number of rotatable bonds is 1. The molecule has 1 aromatic heterocycles. The number of nitrogens with zero attached hydrogens (tertiary/aromatic N) is 2. The van der Waals surface area contributed by atoms with Gasteiger partial charge in [-0.1, -0.05) is 0 Å². The molecule has 2 N–H and O–H groups in total. The Bertz CT molecular complexity index is 350. The van der Waals surface area contributed by atoms with Crippen molar-refractivity contribution in [2.24, 2.45) is 10.7 Å². The van der Waals surface area contributed by atoms with Crippen LogP contribution in [0.1, 0.15) is 11.7 Å². The lowest BCUT2D eigenvalue weighted by molar-refractivity contribution is 0.142. The summed E-state index contributed by atoms with van der Waals surface area (Å²) in [4.78, 5) is 8.52. The van der Waals surface area contributed by atoms with Crippen molar-refractivity contribution in [2.75, 3.05) is 13.2 Å². The summed E-state index contributed by atoms with van der Waals surface area (Å²) in [5.74, 6) is 0.533. The number of nitrogens with two attached hydrogens (primary N) is 1. The van der Waals surface area contributed by atoms with Crippen LogP contribution < -0.4 is 5.73 Å². The number of pyridine rings is 1. The first-order chi connectivity index (χ1) is 6.75. The Kier molecular flexibility index (Phi) is 2.79. The standard InChI is InChI=1S/C9H10BrN3O/c10-6-1-2-7(12-3-6)8-4-14-5-9(11)13-8/h1-3,8H,4-5H2,(H2,11,13). The average Bonchev–Trinajstić information content (AvgIpc) is 2.19. The maximum absolute atomic E-state index is 5.58. The lowest BCUT2D eigenvalue weighted by Crippen LogP contribution is -2.27. The molecule has 1 atom stereocenters. The molecule has 2 heterocycles. The van der Waals surface area contributed by atoms with Gasteiger partial charge >= 0.3 is 0 Å². The SMILES string of the molecule is NC1=NC(c2ccc(Br)cn2)COC1. The minimum Gasteiger partial charge on any atom is -0.386 e. The van der Waals surface area contributed by atoms with Gasteiger partial charge < -0.3 is 10.5 Å². The molecule has 0 radical (unpaired) electrons. The highest BCUT2D eigenvalue weighted by molar-refractivity contribution is 9.10. The second-order valence-electron chi connectivity index (χ2n) is 3.05. The Hall–Kier alpha value is -0.940. The fourth-order valence-electron chi connectivity index (χ4n) is 1.29. The molecular formula is C9H10BrN3O. The molecule has 0 aromatic carbocycles. The predicted molar refractivity (Wildman–Crippen MR) is 57.1 cm³/mol. The van der Waals surface area contributed by atoms with Crippen molar-refractivity contribution >= 4 is 21.8 Å². The summed E-state index contributed by atoms with van der Waals surface area (Å²) in [6, 6.07) is 3.79. The molecule has 0 saturated heterocycles. The molecule has 1 aliphatic rings. The van der Waals surface area contributed by atoms with Gasteiger partial charge in [-0.15, -0.1) is 0 Å². The normalized spacial score (nSPS) is 21.8. The van der Waals surface area contributed by atoms with Crippen molar-refractivity contribution in [3.63, 3.8) is 0 Å². The number of aromatic nitrogens is 1. The van der Waals surface area contributed by atoms with Gasteiger partial charge in [-0.05, 0) is 28.1 Å². The molecule has 1 aromatic rings. The largest absolute Gasteiger partial charge is 0.386 e. The fraction of sp³-hybridized carbons (Fsp3) is 0.333. The first-order valence-corrected chi connectivity index (χ1v) is 5.06. The Morgan fingerprint density at radius 1 is 1.50 bits per heavy atom. The summed E-state index contributed by atoms with van der Waals surface area (Å²) in [5.41, 5.74) is 6.47. The zero-order chi connectivity index (χ0) is 9.97. The van der Waals surface area contributed by atoms with Crippen LogP contribution in [0.15, 0.2) is 27.8 Å². The second-order valence-corrected chi connectivity index (χ2v) is 3.97. The van der Waals surface area contributed by atoms with Crippen LogP contribution in [-0.2, 0) is 4.74 Å². The van der Waals surface area contributed by atoms with Gasteiger partial charge in [-0.3, -0.25) is 9.98 Å². The van der Waals surface area contributed by atoms with Crippen molar-refractivity contribution in [3.05, 3.63) is 28.5 Å². The highest BCUT2D eigenvalue weighted by atomic mass is 79.9. The van der Waals surface area contributed by atoms with Crippen LogP contribution in [-0.4, -0.2) is 24.0 Å². The second kappa shape index (κ2) is 4.06. The van der Waals surface area contributed by atoms with E-state index in [0.29, 0.717) is 19.0 Å². The van der Waals surface area contributed by atoms with Crippen LogP contribution >= 0.6 is 15.9 Å². The third-order valence-electron chi connectivity index (χ3n) is 1.94. The number of halogens is 1. The van der Waals surface area contributed by atoms with E-state index in [1.165, 1.54) is 0 Å². The summed E-state index contributed by atoms with van der Waals surface area (Å²) < 4.78 is 6.23. The maximum Gasteiger partial charge on any atom is 0.121 e. The van der Waals surface area contributed by atoms with Gasteiger partial charge in [0.05, 0.1) is 12.3 Å². The van der Waals surface area contributed by atoms with Gasteiger partial charge in [-0.25, -0.2) is 0 Å². The molecule has 0 fully saturated rings. The van der Waals surface area contributed by atoms with Crippen LogP contribution in [0, 0.1) is 0 Å². The van der Waals surface area contributed by atoms with Crippen molar-refractivity contribution in [1.29, 1.82) is 0 Å². The molecule has 0 bridgehead atoms. The predicted octanol–water partition coefficient (Wildman–Crippen LogP) is 1.27. The molecule has 5 heteroatoms. The summed E-state index contributed by atoms with van der Waals surface area (Å²) in [6.07, 6.45) is 1.75. The molecule has 4 nitrogen and oxygen atoms in total. The van der Waals surface area contributed by atoms with Crippen LogP contribution in [0.25, 0.3) is 0 Å². The van der Waals surface area contributed by atoms with E-state index in [-0.39, 0.29) is 6.04 Å². The van der Waals surface area contributed by atoms with Gasteiger partial charge in [0.25, 0.3) is 0 Å². The van der Waals surface area contributed by atoms with E-state index in [9.17, 15) is 0 Å². The van der Waals surface area contributed by atoms with Crippen LogP contribution in [0.5, 0.6) is 0 Å². The minimum absolute atomic E-state index is 0.0585. The van der Waals surface area contributed by atoms with Crippen molar-refractivity contribution in [3.8, 4) is 0 Å². The smallest absolute Gasteiger partial charge is 0.121 e. The van der Waals surface area contributed by atoms with Gasteiger partial charge in [0.15, 0.2) is 0 Å². The van der Waals surface area contributed by atoms with Crippen LogP contribution in [0.2, 0.25) is 0 Å². The van der Waals surface area contributed by atoms with Crippen LogP contribution in [0.4, 0.5) is 0 Å². The maximum atomic E-state index is 5.58. The number of hydrogen-bond acceptors (Lipinski definition) is 4. The molecule has 1 aliphatic heterocycles. The molecular weight excluding hydrogens is 246 g/mol. The number of aliphatic imine (C=N–C) groups is 1. The zero-order valence-corrected chi connectivity index (χ0v) is 9.07. The van der Waals surface area contributed by atoms with Gasteiger partial charge in [0, 0.05) is 10.7 Å². The number of amidine groups is 1. The van der Waals surface area contributed by atoms with E-state index in [2.05, 4.69) is 25.9 Å². The highest BCUT2D eigenvalue weighted by Crippen LogP contribution is 2.19. The average molecular weight is 256 g/mol. The Balaban J connectivity index is 2.22. The van der Waals surface area contributed by atoms with E-state index in [1.807, 2.05) is 12.1 Å². The number of ether oxygens (including phenoxy) is 1. The van der Waals surface area contributed by atoms with Crippen molar-refractivity contribution < 1.29 is 4.74 Å². The lowest BCUT2D eigenvalue weighted by Gasteiger charge is -2.18. The van der Waals surface area contributed by atoms with Crippen molar-refractivity contribution in [1.82, 2.24) is 4.98 Å². The Morgan fingerprint density at radius 2 is 2.36 bits per heavy atom. The van der Waals surface area contributed by atoms with E-state index in [0.717, 1.165) is 10.2 Å². The topological polar surface area (TPSA) is 60.5 Å². The third kappa shape index (κ3) is 2.10. The van der Waals surface area contributed by atoms with E-state index in [1.54, 1.807) is 6.20 Å². The molecule has 0 saturated carbocycles. The lowest BCUT2D eigenvalue weighted by atomic mass is 10.2. The first-order valence-electron chi connectivity index (χ1n) is 4.27. The summed E-state index contributed by atoms with van der Waals surface area (Å²) >= 11 is 3.33. The Morgan fingerprint density at radius 3 is 3.00 bits per heavy atom. The minimum atomic E-state index is -0.0585. The van der Waals surface area contributed by atoms with Gasteiger partial charge in [0.1, 0.15) is 18.5 Å². The summed E-state index contributed by atoms with van der Waals surface area (Å²) in [7, 11) is 0. The molecule has 2 rings (SSSR count). The molecule has 1 unspecified atom stereocenters. The zero-order valence-electron chi connectivity index (χ0n) is 7.48. The van der Waals surface area contributed by atoms with E-state index in [4.69, 9.17) is 10.5 Å². The van der Waals surface area contributed by atoms with Gasteiger partial charge in [-0.2, -0.15) is 0 Å². The van der Waals surface area contributed by atoms with E-state index < -0.39 is 0 Å². The van der Waals surface area contributed by atoms with Gasteiger partial charge in [0.2, 0.25) is 0 Å². The summed E-state index contributed by atoms with van der Waals surface area (Å²) in [6.45, 7) is 0.975. The molecule has 0 spiro atoms. The monoisotopic (exact) mass is 255 g/mol. The molecule has 0 aliphatic carbocycles. The highest BCUT2D eigenvalue weighted by Gasteiger charge is 2.16. The molecule has 0 amide bonds. The van der Waals surface area contributed by atoms with Crippen molar-refractivity contribution in [2.45, 2.75) is 6.04 Å². The number of hydrogen-bond donors (Lipinski definition) is 1. The summed E-state index contributed by atoms with van der Waals surface area (Å²) in [5, 5.41) is 0. The van der Waals surface area contributed by atoms with Crippen LogP contribution in [0.3, 0.4) is 0 Å². The quantitative estimate of drug-likeness (QED) is 0.823. The molecule has 14 heavy (non-hydrogen) atoms. The third-order valence-corrected chi connectivity index (χ3v) is 2.41. The fourth-order valence-corrected chi connectivity index (χ4v) is 1.52. The Labute approximate surface area is 90.3 Å². The van der Waals surface area contributed by atoms with E-state index >= 15 is 0 Å². The first kappa shape index (κ1) is 9.61. The molecule has 74 valence electrons.